The molecule has 1 fully saturated rings. The molecular formula is C30H34F3N3O3. The smallest absolute Gasteiger partial charge is 0.144 e. The Hall–Kier alpha value is -3.32. The topological polar surface area (TPSA) is 69.1 Å². The van der Waals surface area contributed by atoms with Crippen molar-refractivity contribution in [1.29, 1.82) is 0 Å². The number of rotatable bonds is 8. The zero-order chi connectivity index (χ0) is 28.2. The lowest BCUT2D eigenvalue weighted by Crippen LogP contribution is -2.42. The third-order valence-electron chi connectivity index (χ3n) is 7.63. The van der Waals surface area contributed by atoms with Gasteiger partial charge in [-0.15, -0.1) is 0 Å². The van der Waals surface area contributed by atoms with Gasteiger partial charge in [0.05, 0.1) is 42.7 Å². The summed E-state index contributed by atoms with van der Waals surface area (Å²) in [6, 6.07) is 6.83. The van der Waals surface area contributed by atoms with Gasteiger partial charge in [0.25, 0.3) is 0 Å². The van der Waals surface area contributed by atoms with Gasteiger partial charge < -0.3 is 19.8 Å². The van der Waals surface area contributed by atoms with E-state index in [1.54, 1.807) is 13.3 Å². The second-order valence-electron chi connectivity index (χ2n) is 10.4. The molecule has 0 unspecified atom stereocenters. The molecule has 0 spiro atoms. The number of fused-ring (bicyclic) bond motifs is 1. The maximum Gasteiger partial charge on any atom is 0.144 e. The molecule has 2 N–H and O–H groups in total. The van der Waals surface area contributed by atoms with E-state index in [1.165, 1.54) is 0 Å². The molecule has 4 rings (SSSR count). The first-order chi connectivity index (χ1) is 18.7. The lowest BCUT2D eigenvalue weighted by molar-refractivity contribution is 0.0274. The van der Waals surface area contributed by atoms with Gasteiger partial charge in [0, 0.05) is 43.8 Å². The number of methoxy groups -OCH3 is 1. The summed E-state index contributed by atoms with van der Waals surface area (Å²) in [5.74, 6) is 2.92. The monoisotopic (exact) mass is 541 g/mol. The number of halogens is 3. The van der Waals surface area contributed by atoms with Crippen LogP contribution in [0.25, 0.3) is 10.9 Å². The van der Waals surface area contributed by atoms with Crippen LogP contribution in [0.3, 0.4) is 0 Å². The van der Waals surface area contributed by atoms with E-state index >= 15 is 0 Å². The molecule has 39 heavy (non-hydrogen) atoms. The van der Waals surface area contributed by atoms with Gasteiger partial charge >= 0.3 is 0 Å². The molecule has 6 nitrogen and oxygen atoms in total. The van der Waals surface area contributed by atoms with Gasteiger partial charge in [-0.25, -0.2) is 13.2 Å². The van der Waals surface area contributed by atoms with Gasteiger partial charge in [0.2, 0.25) is 0 Å². The van der Waals surface area contributed by atoms with Gasteiger partial charge in [-0.05, 0) is 62.4 Å². The van der Waals surface area contributed by atoms with Crippen molar-refractivity contribution in [3.8, 4) is 17.6 Å². The lowest BCUT2D eigenvalue weighted by atomic mass is 9.74. The van der Waals surface area contributed by atoms with Crippen molar-refractivity contribution >= 4 is 16.6 Å². The average Bonchev–Trinajstić information content (AvgIpc) is 2.92. The molecule has 2 aromatic carbocycles. The van der Waals surface area contributed by atoms with Crippen LogP contribution in [0.15, 0.2) is 36.5 Å². The Kier molecular flexibility index (Phi) is 9.01. The normalized spacial score (nSPS) is 16.0. The summed E-state index contributed by atoms with van der Waals surface area (Å²) in [7, 11) is 5.42. The summed E-state index contributed by atoms with van der Waals surface area (Å²) in [6.07, 6.45) is 3.47. The van der Waals surface area contributed by atoms with E-state index in [9.17, 15) is 23.4 Å². The van der Waals surface area contributed by atoms with E-state index < -0.39 is 29.1 Å². The Morgan fingerprint density at radius 1 is 1.13 bits per heavy atom. The summed E-state index contributed by atoms with van der Waals surface area (Å²) < 4.78 is 46.2. The number of benzene rings is 2. The van der Waals surface area contributed by atoms with Gasteiger partial charge in [-0.3, -0.25) is 9.88 Å². The van der Waals surface area contributed by atoms with Crippen LogP contribution < -0.4 is 9.64 Å². The van der Waals surface area contributed by atoms with Crippen LogP contribution in [0.5, 0.6) is 5.75 Å². The molecule has 1 saturated heterocycles. The molecule has 1 aromatic heterocycles. The van der Waals surface area contributed by atoms with Crippen molar-refractivity contribution < 1.29 is 28.1 Å². The highest BCUT2D eigenvalue weighted by Gasteiger charge is 2.34. The summed E-state index contributed by atoms with van der Waals surface area (Å²) in [6.45, 7) is 1.60. The lowest BCUT2D eigenvalue weighted by Gasteiger charge is -2.40. The molecule has 0 saturated carbocycles. The Morgan fingerprint density at radius 3 is 2.44 bits per heavy atom. The fourth-order valence-corrected chi connectivity index (χ4v) is 5.18. The van der Waals surface area contributed by atoms with E-state index in [0.717, 1.165) is 22.2 Å². The molecule has 0 aliphatic carbocycles. The van der Waals surface area contributed by atoms with Gasteiger partial charge in [0.15, 0.2) is 0 Å². The van der Waals surface area contributed by atoms with Crippen LogP contribution in [0.1, 0.15) is 42.9 Å². The van der Waals surface area contributed by atoms with Crippen LogP contribution in [-0.4, -0.2) is 67.5 Å². The van der Waals surface area contributed by atoms with Crippen molar-refractivity contribution in [3.63, 3.8) is 0 Å². The predicted octanol–water partition coefficient (Wildman–Crippen LogP) is 4.67. The number of likely N-dealkylation sites (tertiary alicyclic amines) is 1. The summed E-state index contributed by atoms with van der Waals surface area (Å²) >= 11 is 0. The van der Waals surface area contributed by atoms with E-state index in [1.807, 2.05) is 37.2 Å². The molecule has 0 amide bonds. The molecule has 9 heteroatoms. The number of aliphatic hydroxyl groups is 2. The number of nitrogens with zero attached hydrogens (tertiary/aromatic N) is 3. The largest absolute Gasteiger partial charge is 0.497 e. The Labute approximate surface area is 227 Å². The van der Waals surface area contributed by atoms with Crippen molar-refractivity contribution in [2.24, 2.45) is 5.41 Å². The zero-order valence-electron chi connectivity index (χ0n) is 22.5. The van der Waals surface area contributed by atoms with Crippen molar-refractivity contribution in [3.05, 3.63) is 65.1 Å². The third-order valence-corrected chi connectivity index (χ3v) is 7.63. The second-order valence-corrected chi connectivity index (χ2v) is 10.4. The molecule has 1 aliphatic heterocycles. The Balaban J connectivity index is 1.43. The molecule has 3 aromatic rings. The van der Waals surface area contributed by atoms with Crippen molar-refractivity contribution in [1.82, 2.24) is 9.88 Å². The Morgan fingerprint density at radius 2 is 1.82 bits per heavy atom. The number of ether oxygens (including phenoxy) is 1. The Bertz CT molecular complexity index is 1360. The summed E-state index contributed by atoms with van der Waals surface area (Å²) in [5.41, 5.74) is 1.58. The first-order valence-corrected chi connectivity index (χ1v) is 12.9. The number of hydrogen-bond acceptors (Lipinski definition) is 6. The van der Waals surface area contributed by atoms with E-state index in [4.69, 9.17) is 4.74 Å². The standard InChI is InChI=1S/C30H34F3N3O3/c1-35(2)27-18-34-26-7-6-21(39-3)17-23(26)29(27)28(38)8-9-30(19-37)10-13-36(14-11-30)12-4-5-22-24(32)15-20(31)16-25(22)33/h6-7,15-18,28,37-38H,8-14,19H2,1-3H3/t28-/m0/s1. The quantitative estimate of drug-likeness (QED) is 0.404. The molecule has 2 heterocycles. The van der Waals surface area contributed by atoms with Crippen LogP contribution in [0.4, 0.5) is 18.9 Å². The highest BCUT2D eigenvalue weighted by Crippen LogP contribution is 2.41. The highest BCUT2D eigenvalue weighted by atomic mass is 19.1. The van der Waals surface area contributed by atoms with Crippen molar-refractivity contribution in [2.45, 2.75) is 31.8 Å². The highest BCUT2D eigenvalue weighted by molar-refractivity contribution is 5.88. The van der Waals surface area contributed by atoms with Crippen LogP contribution in [-0.2, 0) is 0 Å². The zero-order valence-corrected chi connectivity index (χ0v) is 22.5. The summed E-state index contributed by atoms with van der Waals surface area (Å²) in [4.78, 5) is 8.53. The van der Waals surface area contributed by atoms with Gasteiger partial charge in [-0.2, -0.15) is 0 Å². The number of piperidine rings is 1. The van der Waals surface area contributed by atoms with E-state index in [-0.39, 0.29) is 12.0 Å². The van der Waals surface area contributed by atoms with Crippen LogP contribution in [0, 0.1) is 34.7 Å². The average molecular weight is 542 g/mol. The summed E-state index contributed by atoms with van der Waals surface area (Å²) in [5, 5.41) is 22.6. The van der Waals surface area contributed by atoms with Gasteiger partial charge in [0.1, 0.15) is 23.2 Å². The number of hydrogen-bond donors (Lipinski definition) is 2. The number of aliphatic hydroxyl groups excluding tert-OH is 2. The maximum atomic E-state index is 13.8. The van der Waals surface area contributed by atoms with Crippen LogP contribution >= 0.6 is 0 Å². The van der Waals surface area contributed by atoms with Gasteiger partial charge in [-0.1, -0.05) is 11.8 Å². The molecule has 208 valence electrons. The molecule has 0 bridgehead atoms. The maximum absolute atomic E-state index is 13.8. The second kappa shape index (κ2) is 12.2. The minimum absolute atomic E-state index is 0.00328. The first kappa shape index (κ1) is 28.7. The molecule has 1 aliphatic rings. The SMILES string of the molecule is COc1ccc2ncc(N(C)C)c([C@@H](O)CCC3(CO)CCN(CC#Cc4c(F)cc(F)cc4F)CC3)c2c1. The number of anilines is 1. The van der Waals surface area contributed by atoms with Crippen molar-refractivity contribution in [2.75, 3.05) is 52.3 Å². The van der Waals surface area contributed by atoms with E-state index in [0.29, 0.717) is 63.2 Å². The number of aromatic nitrogens is 1. The molecular weight excluding hydrogens is 507 g/mol. The number of pyridine rings is 1. The molecule has 1 atom stereocenters. The third kappa shape index (κ3) is 6.47. The molecule has 0 radical (unpaired) electrons. The predicted molar refractivity (Wildman–Crippen MR) is 145 cm³/mol. The minimum atomic E-state index is -1.02. The van der Waals surface area contributed by atoms with Crippen LogP contribution in [0.2, 0.25) is 0 Å². The fourth-order valence-electron chi connectivity index (χ4n) is 5.18. The van der Waals surface area contributed by atoms with E-state index in [2.05, 4.69) is 21.7 Å². The first-order valence-electron chi connectivity index (χ1n) is 12.9. The minimum Gasteiger partial charge on any atom is -0.497 e. The fraction of sp³-hybridized carbons (Fsp3) is 0.433.